The Morgan fingerprint density at radius 3 is 2.82 bits per heavy atom. The Balaban J connectivity index is 1.46. The van der Waals surface area contributed by atoms with Crippen molar-refractivity contribution in [1.29, 1.82) is 0 Å². The van der Waals surface area contributed by atoms with Gasteiger partial charge in [-0.3, -0.25) is 14.5 Å². The first kappa shape index (κ1) is 19.8. The molecule has 1 fully saturated rings. The molecule has 1 N–H and O–H groups in total. The number of halogens is 1. The van der Waals surface area contributed by atoms with Gasteiger partial charge in [0.1, 0.15) is 6.61 Å². The van der Waals surface area contributed by atoms with E-state index in [1.54, 1.807) is 41.1 Å². The van der Waals surface area contributed by atoms with Crippen LogP contribution < -0.4 is 15.0 Å². The average molecular weight is 385 g/mol. The number of nitrogens with one attached hydrogen (secondary N) is 1. The highest BCUT2D eigenvalue weighted by Crippen LogP contribution is 2.24. The number of para-hydroxylation sites is 1. The first-order valence-electron chi connectivity index (χ1n) is 9.29. The third kappa shape index (κ3) is 5.29. The average Bonchev–Trinajstić information content (AvgIpc) is 3.09. The fraction of sp³-hybridized carbons (Fsp3) is 0.333. The third-order valence-corrected chi connectivity index (χ3v) is 4.50. The summed E-state index contributed by atoms with van der Waals surface area (Å²) in [6.07, 6.45) is 1.42. The van der Waals surface area contributed by atoms with E-state index in [-0.39, 0.29) is 30.7 Å². The molecule has 0 aromatic heterocycles. The normalized spacial score (nSPS) is 13.8. The molecule has 1 aliphatic rings. The topological polar surface area (TPSA) is 61.9 Å². The van der Waals surface area contributed by atoms with Crippen LogP contribution in [-0.4, -0.2) is 50.0 Å². The van der Waals surface area contributed by atoms with Crippen LogP contribution in [-0.2, 0) is 9.59 Å². The molecule has 1 heterocycles. The van der Waals surface area contributed by atoms with Crippen molar-refractivity contribution in [2.75, 3.05) is 43.5 Å². The molecule has 2 amide bonds. The van der Waals surface area contributed by atoms with Crippen LogP contribution in [0.15, 0.2) is 48.5 Å². The van der Waals surface area contributed by atoms with E-state index in [0.717, 1.165) is 12.1 Å². The number of anilines is 2. The molecule has 0 spiro atoms. The summed E-state index contributed by atoms with van der Waals surface area (Å²) >= 11 is 0. The van der Waals surface area contributed by atoms with Gasteiger partial charge in [-0.1, -0.05) is 18.2 Å². The molecule has 3 rings (SSSR count). The Morgan fingerprint density at radius 1 is 1.25 bits per heavy atom. The van der Waals surface area contributed by atoms with Crippen LogP contribution in [0, 0.1) is 5.82 Å². The van der Waals surface area contributed by atoms with Gasteiger partial charge in [-0.25, -0.2) is 4.39 Å². The summed E-state index contributed by atoms with van der Waals surface area (Å²) in [4.78, 5) is 27.7. The van der Waals surface area contributed by atoms with Crippen molar-refractivity contribution in [1.82, 2.24) is 4.90 Å². The van der Waals surface area contributed by atoms with Crippen LogP contribution >= 0.6 is 0 Å². The zero-order valence-electron chi connectivity index (χ0n) is 15.9. The quantitative estimate of drug-likeness (QED) is 0.759. The van der Waals surface area contributed by atoms with Crippen LogP contribution in [0.2, 0.25) is 0 Å². The lowest BCUT2D eigenvalue weighted by molar-refractivity contribution is -0.117. The molecule has 148 valence electrons. The molecule has 0 unspecified atom stereocenters. The Labute approximate surface area is 163 Å². The molecule has 0 aliphatic carbocycles. The predicted molar refractivity (Wildman–Crippen MR) is 106 cm³/mol. The number of benzene rings is 2. The minimum Gasteiger partial charge on any atom is -0.489 e. The Kier molecular flexibility index (Phi) is 6.60. The maximum Gasteiger partial charge on any atom is 0.238 e. The van der Waals surface area contributed by atoms with Crippen LogP contribution in [0.3, 0.4) is 0 Å². The highest BCUT2D eigenvalue weighted by Gasteiger charge is 2.21. The summed E-state index contributed by atoms with van der Waals surface area (Å²) in [5, 5.41) is 2.85. The zero-order valence-corrected chi connectivity index (χ0v) is 15.9. The molecule has 0 radical (unpaired) electrons. The molecule has 1 saturated heterocycles. The lowest BCUT2D eigenvalue weighted by Crippen LogP contribution is -2.33. The van der Waals surface area contributed by atoms with Gasteiger partial charge in [0, 0.05) is 30.9 Å². The summed E-state index contributed by atoms with van der Waals surface area (Å²) in [7, 11) is 1.80. The van der Waals surface area contributed by atoms with E-state index >= 15 is 0 Å². The van der Waals surface area contributed by atoms with Crippen LogP contribution in [0.25, 0.3) is 0 Å². The maximum absolute atomic E-state index is 13.5. The fourth-order valence-corrected chi connectivity index (χ4v) is 3.07. The number of hydrogen-bond acceptors (Lipinski definition) is 4. The molecular weight excluding hydrogens is 361 g/mol. The second-order valence-electron chi connectivity index (χ2n) is 6.76. The number of ether oxygens (including phenoxy) is 1. The molecule has 7 heteroatoms. The van der Waals surface area contributed by atoms with Crippen LogP contribution in [0.5, 0.6) is 5.75 Å². The summed E-state index contributed by atoms with van der Waals surface area (Å²) in [5.41, 5.74) is 1.45. The van der Waals surface area contributed by atoms with Crippen molar-refractivity contribution in [3.63, 3.8) is 0 Å². The molecule has 0 bridgehead atoms. The largest absolute Gasteiger partial charge is 0.489 e. The van der Waals surface area contributed by atoms with E-state index < -0.39 is 5.82 Å². The highest BCUT2D eigenvalue weighted by molar-refractivity contribution is 5.97. The monoisotopic (exact) mass is 385 g/mol. The van der Waals surface area contributed by atoms with E-state index in [1.165, 1.54) is 6.07 Å². The summed E-state index contributed by atoms with van der Waals surface area (Å²) in [6.45, 7) is 1.63. The van der Waals surface area contributed by atoms with Gasteiger partial charge < -0.3 is 15.0 Å². The van der Waals surface area contributed by atoms with Gasteiger partial charge >= 0.3 is 0 Å². The molecule has 28 heavy (non-hydrogen) atoms. The Hall–Kier alpha value is -2.93. The van der Waals surface area contributed by atoms with E-state index in [0.29, 0.717) is 25.2 Å². The molecule has 1 aliphatic heterocycles. The molecule has 2 aromatic rings. The molecule has 2 aromatic carbocycles. The van der Waals surface area contributed by atoms with Crippen molar-refractivity contribution < 1.29 is 18.7 Å². The fourth-order valence-electron chi connectivity index (χ4n) is 3.07. The molecular formula is C21H24FN3O3. The summed E-state index contributed by atoms with van der Waals surface area (Å²) in [6, 6.07) is 13.5. The van der Waals surface area contributed by atoms with Gasteiger partial charge in [-0.2, -0.15) is 0 Å². The third-order valence-electron chi connectivity index (χ3n) is 4.50. The number of hydrogen-bond donors (Lipinski definition) is 1. The van der Waals surface area contributed by atoms with Crippen molar-refractivity contribution in [2.45, 2.75) is 12.8 Å². The van der Waals surface area contributed by atoms with E-state index in [9.17, 15) is 14.0 Å². The van der Waals surface area contributed by atoms with E-state index in [1.807, 2.05) is 18.2 Å². The molecule has 0 atom stereocenters. The summed E-state index contributed by atoms with van der Waals surface area (Å²) in [5.74, 6) is -0.260. The number of nitrogens with zero attached hydrogens (tertiary/aromatic N) is 2. The molecule has 6 nitrogen and oxygen atoms in total. The number of carbonyl (C=O) groups excluding carboxylic acids is 2. The van der Waals surface area contributed by atoms with E-state index in [2.05, 4.69) is 5.32 Å². The number of amides is 2. The highest BCUT2D eigenvalue weighted by atomic mass is 19.1. The second-order valence-corrected chi connectivity index (χ2v) is 6.76. The van der Waals surface area contributed by atoms with Gasteiger partial charge in [0.15, 0.2) is 11.6 Å². The summed E-state index contributed by atoms with van der Waals surface area (Å²) < 4.78 is 18.9. The zero-order chi connectivity index (χ0) is 19.9. The van der Waals surface area contributed by atoms with Gasteiger partial charge in [-0.15, -0.1) is 0 Å². The number of likely N-dealkylation sites (N-methyl/N-ethyl adjacent to an activating group) is 1. The van der Waals surface area contributed by atoms with E-state index in [4.69, 9.17) is 4.74 Å². The predicted octanol–water partition coefficient (Wildman–Crippen LogP) is 2.90. The Bertz CT molecular complexity index is 843. The first-order valence-corrected chi connectivity index (χ1v) is 9.29. The van der Waals surface area contributed by atoms with Crippen molar-refractivity contribution in [3.8, 4) is 5.75 Å². The molecule has 0 saturated carbocycles. The SMILES string of the molecule is CN(CCOc1ccccc1F)CC(=O)Nc1cccc(N2CCCC2=O)c1. The lowest BCUT2D eigenvalue weighted by Gasteiger charge is -2.18. The second kappa shape index (κ2) is 9.32. The smallest absolute Gasteiger partial charge is 0.238 e. The van der Waals surface area contributed by atoms with Crippen molar-refractivity contribution in [2.24, 2.45) is 0 Å². The van der Waals surface area contributed by atoms with Gasteiger partial charge in [0.2, 0.25) is 11.8 Å². The minimum atomic E-state index is -0.403. The van der Waals surface area contributed by atoms with Gasteiger partial charge in [0.25, 0.3) is 0 Å². The van der Waals surface area contributed by atoms with Gasteiger partial charge in [0.05, 0.1) is 6.54 Å². The maximum atomic E-state index is 13.5. The minimum absolute atomic E-state index is 0.109. The van der Waals surface area contributed by atoms with Crippen LogP contribution in [0.1, 0.15) is 12.8 Å². The lowest BCUT2D eigenvalue weighted by atomic mass is 10.2. The number of rotatable bonds is 8. The number of carbonyl (C=O) groups is 2. The Morgan fingerprint density at radius 2 is 2.07 bits per heavy atom. The standard InChI is InChI=1S/C21H24FN3O3/c1-24(12-13-28-19-9-3-2-8-18(19)22)15-20(26)23-16-6-4-7-17(14-16)25-11-5-10-21(25)27/h2-4,6-9,14H,5,10-13,15H2,1H3,(H,23,26). The van der Waals surface area contributed by atoms with Crippen molar-refractivity contribution >= 4 is 23.2 Å². The van der Waals surface area contributed by atoms with Crippen LogP contribution in [0.4, 0.5) is 15.8 Å². The van der Waals surface area contributed by atoms with Gasteiger partial charge in [-0.05, 0) is 43.8 Å². The first-order chi connectivity index (χ1) is 13.5. The van der Waals surface area contributed by atoms with Crippen molar-refractivity contribution in [3.05, 3.63) is 54.3 Å².